The summed E-state index contributed by atoms with van der Waals surface area (Å²) in [6.45, 7) is 0. The highest BCUT2D eigenvalue weighted by Gasteiger charge is 2.10. The first-order chi connectivity index (χ1) is 5.24. The summed E-state index contributed by atoms with van der Waals surface area (Å²) >= 11 is 0. The van der Waals surface area contributed by atoms with Crippen molar-refractivity contribution < 1.29 is 9.90 Å². The predicted molar refractivity (Wildman–Crippen MR) is 38.6 cm³/mol. The van der Waals surface area contributed by atoms with E-state index >= 15 is 0 Å². The van der Waals surface area contributed by atoms with Crippen LogP contribution in [0.4, 0.5) is 0 Å². The summed E-state index contributed by atoms with van der Waals surface area (Å²) in [5, 5.41) is 17.0. The molecule has 0 spiro atoms. The maximum absolute atomic E-state index is 10.4. The number of hydrogen-bond donors (Lipinski definition) is 1. The summed E-state index contributed by atoms with van der Waals surface area (Å²) in [4.78, 5) is 10.4. The van der Waals surface area contributed by atoms with Gasteiger partial charge < -0.3 is 5.11 Å². The van der Waals surface area contributed by atoms with Crippen molar-refractivity contribution in [3.8, 4) is 6.07 Å². The van der Waals surface area contributed by atoms with Crippen LogP contribution in [0.15, 0.2) is 23.3 Å². The predicted octanol–water partition coefficient (Wildman–Crippen LogP) is 1.24. The Balaban J connectivity index is 2.86. The molecule has 0 aliphatic heterocycles. The van der Waals surface area contributed by atoms with Gasteiger partial charge in [0.15, 0.2) is 0 Å². The van der Waals surface area contributed by atoms with Crippen molar-refractivity contribution >= 4 is 5.97 Å². The molecule has 1 aliphatic carbocycles. The van der Waals surface area contributed by atoms with Crippen LogP contribution in [0.3, 0.4) is 0 Å². The van der Waals surface area contributed by atoms with Crippen molar-refractivity contribution in [2.75, 3.05) is 0 Å². The van der Waals surface area contributed by atoms with Crippen LogP contribution < -0.4 is 0 Å². The van der Waals surface area contributed by atoms with Gasteiger partial charge in [-0.3, -0.25) is 0 Å². The summed E-state index contributed by atoms with van der Waals surface area (Å²) in [5.41, 5.74) is 0.776. The van der Waals surface area contributed by atoms with Crippen molar-refractivity contribution in [2.24, 2.45) is 0 Å². The molecule has 0 aromatic rings. The lowest BCUT2D eigenvalue weighted by atomic mass is 10.0. The Hall–Kier alpha value is -1.56. The molecule has 0 amide bonds. The number of carboxylic acids is 1. The van der Waals surface area contributed by atoms with Crippen LogP contribution in [-0.2, 0) is 4.79 Å². The molecule has 11 heavy (non-hydrogen) atoms. The molecule has 1 rings (SSSR count). The topological polar surface area (TPSA) is 61.1 Å². The summed E-state index contributed by atoms with van der Waals surface area (Å²) in [5.74, 6) is -0.925. The number of allylic oxidation sites excluding steroid dienone is 3. The number of carboxylic acid groups (broad SMARTS) is 1. The Labute approximate surface area is 64.3 Å². The van der Waals surface area contributed by atoms with E-state index in [1.54, 1.807) is 6.08 Å². The molecule has 0 atom stereocenters. The van der Waals surface area contributed by atoms with Crippen molar-refractivity contribution in [3.63, 3.8) is 0 Å². The van der Waals surface area contributed by atoms with Crippen LogP contribution in [0.2, 0.25) is 0 Å². The van der Waals surface area contributed by atoms with E-state index in [1.165, 1.54) is 6.08 Å². The number of nitriles is 1. The first-order valence-electron chi connectivity index (χ1n) is 3.28. The van der Waals surface area contributed by atoms with Crippen LogP contribution in [0.25, 0.3) is 0 Å². The molecule has 0 saturated carbocycles. The van der Waals surface area contributed by atoms with Gasteiger partial charge in [0.25, 0.3) is 0 Å². The smallest absolute Gasteiger partial charge is 0.331 e. The minimum atomic E-state index is -0.925. The third kappa shape index (κ3) is 1.68. The van der Waals surface area contributed by atoms with Crippen LogP contribution in [-0.4, -0.2) is 11.1 Å². The molecule has 0 aromatic carbocycles. The third-order valence-electron chi connectivity index (χ3n) is 1.51. The van der Waals surface area contributed by atoms with Crippen LogP contribution in [0.1, 0.15) is 12.8 Å². The molecule has 0 aromatic heterocycles. The van der Waals surface area contributed by atoms with Gasteiger partial charge in [-0.1, -0.05) is 6.08 Å². The van der Waals surface area contributed by atoms with E-state index in [1.807, 2.05) is 6.07 Å². The lowest BCUT2D eigenvalue weighted by molar-refractivity contribution is -0.132. The van der Waals surface area contributed by atoms with Gasteiger partial charge in [0, 0.05) is 11.1 Å². The molecule has 56 valence electrons. The zero-order chi connectivity index (χ0) is 8.27. The van der Waals surface area contributed by atoms with E-state index in [-0.39, 0.29) is 0 Å². The minimum absolute atomic E-state index is 0.323. The average molecular weight is 149 g/mol. The fourth-order valence-corrected chi connectivity index (χ4v) is 0.949. The number of rotatable bonds is 1. The van der Waals surface area contributed by atoms with Gasteiger partial charge in [-0.25, -0.2) is 4.79 Å². The first kappa shape index (κ1) is 7.55. The zero-order valence-corrected chi connectivity index (χ0v) is 5.87. The number of nitrogens with zero attached hydrogens (tertiary/aromatic N) is 1. The second kappa shape index (κ2) is 3.02. The van der Waals surface area contributed by atoms with Gasteiger partial charge in [-0.05, 0) is 18.9 Å². The van der Waals surface area contributed by atoms with Crippen molar-refractivity contribution in [1.29, 1.82) is 5.26 Å². The van der Waals surface area contributed by atoms with Crippen molar-refractivity contribution in [1.82, 2.24) is 0 Å². The SMILES string of the molecule is N#CC1=CCCC(C(=O)O)=C1. The second-order valence-electron chi connectivity index (χ2n) is 2.28. The maximum atomic E-state index is 10.4. The van der Waals surface area contributed by atoms with E-state index in [9.17, 15) is 4.79 Å². The quantitative estimate of drug-likeness (QED) is 0.610. The largest absolute Gasteiger partial charge is 0.478 e. The maximum Gasteiger partial charge on any atom is 0.331 e. The Kier molecular flexibility index (Phi) is 2.07. The van der Waals surface area contributed by atoms with Crippen LogP contribution in [0, 0.1) is 11.3 Å². The average Bonchev–Trinajstić information content (AvgIpc) is 2.05. The Morgan fingerprint density at radius 3 is 3.00 bits per heavy atom. The fraction of sp³-hybridized carbons (Fsp3) is 0.250. The second-order valence-corrected chi connectivity index (χ2v) is 2.28. The van der Waals surface area contributed by atoms with E-state index in [0.717, 1.165) is 0 Å². The molecular weight excluding hydrogens is 142 g/mol. The van der Waals surface area contributed by atoms with Gasteiger partial charge in [0.1, 0.15) is 0 Å². The van der Waals surface area contributed by atoms with Crippen molar-refractivity contribution in [3.05, 3.63) is 23.3 Å². The van der Waals surface area contributed by atoms with E-state index in [0.29, 0.717) is 24.0 Å². The third-order valence-corrected chi connectivity index (χ3v) is 1.51. The van der Waals surface area contributed by atoms with Gasteiger partial charge >= 0.3 is 5.97 Å². The highest BCUT2D eigenvalue weighted by molar-refractivity contribution is 5.87. The molecule has 0 heterocycles. The summed E-state index contributed by atoms with van der Waals surface area (Å²) in [6.07, 6.45) is 4.35. The van der Waals surface area contributed by atoms with E-state index in [4.69, 9.17) is 10.4 Å². The molecule has 0 unspecified atom stereocenters. The first-order valence-corrected chi connectivity index (χ1v) is 3.28. The highest BCUT2D eigenvalue weighted by Crippen LogP contribution is 2.16. The highest BCUT2D eigenvalue weighted by atomic mass is 16.4. The van der Waals surface area contributed by atoms with E-state index in [2.05, 4.69) is 0 Å². The molecular formula is C8H7NO2. The molecule has 0 saturated heterocycles. The van der Waals surface area contributed by atoms with Crippen molar-refractivity contribution in [2.45, 2.75) is 12.8 Å². The number of hydrogen-bond acceptors (Lipinski definition) is 2. The van der Waals surface area contributed by atoms with Gasteiger partial charge in [-0.2, -0.15) is 5.26 Å². The lowest BCUT2D eigenvalue weighted by Gasteiger charge is -2.04. The van der Waals surface area contributed by atoms with Gasteiger partial charge in [0.05, 0.1) is 6.07 Å². The Morgan fingerprint density at radius 2 is 2.45 bits per heavy atom. The monoisotopic (exact) mass is 149 g/mol. The molecule has 3 heteroatoms. The zero-order valence-electron chi connectivity index (χ0n) is 5.87. The fourth-order valence-electron chi connectivity index (χ4n) is 0.949. The molecule has 0 radical (unpaired) electrons. The van der Waals surface area contributed by atoms with Crippen LogP contribution in [0.5, 0.6) is 0 Å². The standard InChI is InChI=1S/C8H7NO2/c9-5-6-2-1-3-7(4-6)8(10)11/h2,4H,1,3H2,(H,10,11). The normalized spacial score (nSPS) is 16.3. The molecule has 1 N–H and O–H groups in total. The molecule has 3 nitrogen and oxygen atoms in total. The molecule has 0 fully saturated rings. The minimum Gasteiger partial charge on any atom is -0.478 e. The van der Waals surface area contributed by atoms with Gasteiger partial charge in [-0.15, -0.1) is 0 Å². The number of carbonyl (C=O) groups is 1. The van der Waals surface area contributed by atoms with E-state index < -0.39 is 5.97 Å². The number of aliphatic carboxylic acids is 1. The summed E-state index contributed by atoms with van der Waals surface area (Å²) in [6, 6.07) is 1.91. The molecule has 0 bridgehead atoms. The molecule has 1 aliphatic rings. The summed E-state index contributed by atoms with van der Waals surface area (Å²) < 4.78 is 0. The Morgan fingerprint density at radius 1 is 1.73 bits per heavy atom. The van der Waals surface area contributed by atoms with Crippen LogP contribution >= 0.6 is 0 Å². The summed E-state index contributed by atoms with van der Waals surface area (Å²) in [7, 11) is 0. The Bertz CT molecular complexity index is 281. The lowest BCUT2D eigenvalue weighted by Crippen LogP contribution is -2.03. The van der Waals surface area contributed by atoms with Gasteiger partial charge in [0.2, 0.25) is 0 Å².